The molecular formula is C12H14BrNO. The predicted octanol–water partition coefficient (Wildman–Crippen LogP) is 2.82. The second-order valence-corrected chi connectivity index (χ2v) is 4.88. The Morgan fingerprint density at radius 1 is 1.33 bits per heavy atom. The lowest BCUT2D eigenvalue weighted by atomic mass is 10.0. The molecule has 1 aliphatic carbocycles. The number of nitrogens with one attached hydrogen (secondary N) is 1. The summed E-state index contributed by atoms with van der Waals surface area (Å²) in [5.74, 6) is 0.682. The van der Waals surface area contributed by atoms with Crippen LogP contribution in [0.5, 0.6) is 0 Å². The molecule has 0 bridgehead atoms. The molecule has 2 aliphatic rings. The van der Waals surface area contributed by atoms with E-state index in [1.807, 2.05) is 6.07 Å². The van der Waals surface area contributed by atoms with Crippen molar-refractivity contribution in [3.8, 4) is 0 Å². The molecule has 0 spiro atoms. The molecular weight excluding hydrogens is 254 g/mol. The summed E-state index contributed by atoms with van der Waals surface area (Å²) in [7, 11) is 0. The van der Waals surface area contributed by atoms with Crippen molar-refractivity contribution in [2.45, 2.75) is 26.3 Å². The highest BCUT2D eigenvalue weighted by atomic mass is 79.9. The maximum absolute atomic E-state index is 11.2. The highest BCUT2D eigenvalue weighted by Crippen LogP contribution is 2.43. The quantitative estimate of drug-likeness (QED) is 0.770. The zero-order valence-corrected chi connectivity index (χ0v) is 9.17. The van der Waals surface area contributed by atoms with Crippen molar-refractivity contribution < 1.29 is 4.79 Å². The van der Waals surface area contributed by atoms with E-state index in [4.69, 9.17) is 0 Å². The predicted molar refractivity (Wildman–Crippen MR) is 63.6 cm³/mol. The molecule has 0 radical (unpaired) electrons. The van der Waals surface area contributed by atoms with Crippen LogP contribution in [0.3, 0.4) is 0 Å². The van der Waals surface area contributed by atoms with E-state index in [0.29, 0.717) is 12.3 Å². The van der Waals surface area contributed by atoms with Crippen LogP contribution in [0.2, 0.25) is 0 Å². The number of carbonyl (C=O) groups excluding carboxylic acids is 1. The summed E-state index contributed by atoms with van der Waals surface area (Å²) >= 11 is 3.56. The Bertz CT molecular complexity index is 416. The molecule has 1 aromatic rings. The highest BCUT2D eigenvalue weighted by molar-refractivity contribution is 9.10. The van der Waals surface area contributed by atoms with Crippen molar-refractivity contribution in [1.82, 2.24) is 5.32 Å². The minimum absolute atomic E-state index is 0. The monoisotopic (exact) mass is 267 g/mol. The minimum atomic E-state index is 0. The number of amides is 1. The Kier molecular flexibility index (Phi) is 2.59. The smallest absolute Gasteiger partial charge is 0.220 e. The number of carbonyl (C=O) groups is 1. The molecule has 1 saturated heterocycles. The molecule has 3 heteroatoms. The Hall–Kier alpha value is -0.830. The van der Waals surface area contributed by atoms with Crippen molar-refractivity contribution in [2.75, 3.05) is 0 Å². The number of rotatable bonds is 0. The Morgan fingerprint density at radius 3 is 2.93 bits per heavy atom. The van der Waals surface area contributed by atoms with E-state index >= 15 is 0 Å². The molecule has 2 unspecified atom stereocenters. The first-order chi connectivity index (χ1) is 6.75. The van der Waals surface area contributed by atoms with Gasteiger partial charge in [0.2, 0.25) is 5.91 Å². The number of hydrogen-bond acceptors (Lipinski definition) is 1. The zero-order chi connectivity index (χ0) is 9.71. The van der Waals surface area contributed by atoms with Crippen LogP contribution in [0.15, 0.2) is 22.7 Å². The summed E-state index contributed by atoms with van der Waals surface area (Å²) in [5.41, 5.74) is 2.68. The topological polar surface area (TPSA) is 29.1 Å². The first-order valence-electron chi connectivity index (χ1n) is 4.82. The van der Waals surface area contributed by atoms with Gasteiger partial charge in [-0.05, 0) is 29.5 Å². The average molecular weight is 268 g/mol. The van der Waals surface area contributed by atoms with Gasteiger partial charge in [0, 0.05) is 10.9 Å². The Morgan fingerprint density at radius 2 is 2.13 bits per heavy atom. The van der Waals surface area contributed by atoms with E-state index in [1.54, 1.807) is 0 Å². The standard InChI is InChI=1S/C11H10BrNO.CH4/c12-9-3-1-2-7-8(9)4-6-5-10(14)13-11(6)7;/h1-3,6,11H,4-5H2,(H,13,14);1H4. The van der Waals surface area contributed by atoms with Gasteiger partial charge in [0.1, 0.15) is 0 Å². The Labute approximate surface area is 98.2 Å². The fourth-order valence-corrected chi connectivity index (χ4v) is 3.12. The maximum atomic E-state index is 11.2. The van der Waals surface area contributed by atoms with E-state index in [0.717, 1.165) is 6.42 Å². The number of hydrogen-bond donors (Lipinski definition) is 1. The lowest BCUT2D eigenvalue weighted by molar-refractivity contribution is -0.119. The minimum Gasteiger partial charge on any atom is -0.349 e. The number of halogens is 1. The molecule has 3 rings (SSSR count). The molecule has 15 heavy (non-hydrogen) atoms. The van der Waals surface area contributed by atoms with Gasteiger partial charge in [-0.1, -0.05) is 35.5 Å². The molecule has 1 fully saturated rings. The van der Waals surface area contributed by atoms with Crippen molar-refractivity contribution in [2.24, 2.45) is 5.92 Å². The molecule has 1 heterocycles. The molecule has 0 aromatic heterocycles. The molecule has 80 valence electrons. The normalized spacial score (nSPS) is 26.6. The van der Waals surface area contributed by atoms with Crippen LogP contribution in [0.25, 0.3) is 0 Å². The van der Waals surface area contributed by atoms with Crippen LogP contribution in [-0.4, -0.2) is 5.91 Å². The van der Waals surface area contributed by atoms with Gasteiger partial charge in [-0.25, -0.2) is 0 Å². The third-order valence-electron chi connectivity index (χ3n) is 3.19. The lowest BCUT2D eigenvalue weighted by Crippen LogP contribution is -2.18. The summed E-state index contributed by atoms with van der Waals surface area (Å²) in [4.78, 5) is 11.2. The zero-order valence-electron chi connectivity index (χ0n) is 7.59. The second kappa shape index (κ2) is 3.63. The van der Waals surface area contributed by atoms with Gasteiger partial charge in [-0.2, -0.15) is 0 Å². The fourth-order valence-electron chi connectivity index (χ4n) is 2.57. The van der Waals surface area contributed by atoms with Gasteiger partial charge in [0.25, 0.3) is 0 Å². The van der Waals surface area contributed by atoms with Crippen LogP contribution in [0, 0.1) is 5.92 Å². The van der Waals surface area contributed by atoms with E-state index < -0.39 is 0 Å². The lowest BCUT2D eigenvalue weighted by Gasteiger charge is -2.09. The van der Waals surface area contributed by atoms with Crippen molar-refractivity contribution >= 4 is 21.8 Å². The first kappa shape index (κ1) is 10.7. The van der Waals surface area contributed by atoms with Crippen molar-refractivity contribution in [1.29, 1.82) is 0 Å². The van der Waals surface area contributed by atoms with Gasteiger partial charge < -0.3 is 5.32 Å². The Balaban J connectivity index is 0.000000853. The second-order valence-electron chi connectivity index (χ2n) is 4.02. The molecule has 1 aliphatic heterocycles. The number of benzene rings is 1. The van der Waals surface area contributed by atoms with Gasteiger partial charge in [-0.3, -0.25) is 4.79 Å². The summed E-state index contributed by atoms with van der Waals surface area (Å²) in [6, 6.07) is 6.50. The third-order valence-corrected chi connectivity index (χ3v) is 3.93. The maximum Gasteiger partial charge on any atom is 0.220 e. The molecule has 2 nitrogen and oxygen atoms in total. The van der Waals surface area contributed by atoms with Crippen LogP contribution < -0.4 is 5.32 Å². The van der Waals surface area contributed by atoms with Gasteiger partial charge in [0.15, 0.2) is 0 Å². The molecule has 1 N–H and O–H groups in total. The largest absolute Gasteiger partial charge is 0.349 e. The van der Waals surface area contributed by atoms with E-state index in [-0.39, 0.29) is 19.4 Å². The summed E-state index contributed by atoms with van der Waals surface area (Å²) in [6.07, 6.45) is 1.71. The van der Waals surface area contributed by atoms with Gasteiger partial charge >= 0.3 is 0 Å². The fraction of sp³-hybridized carbons (Fsp3) is 0.417. The van der Waals surface area contributed by atoms with E-state index in [1.165, 1.54) is 15.6 Å². The summed E-state index contributed by atoms with van der Waals surface area (Å²) in [5, 5.41) is 3.04. The van der Waals surface area contributed by atoms with Crippen LogP contribution in [0.4, 0.5) is 0 Å². The van der Waals surface area contributed by atoms with Crippen LogP contribution in [-0.2, 0) is 11.2 Å². The van der Waals surface area contributed by atoms with E-state index in [9.17, 15) is 4.79 Å². The first-order valence-corrected chi connectivity index (χ1v) is 5.61. The summed E-state index contributed by atoms with van der Waals surface area (Å²) in [6.45, 7) is 0. The number of fused-ring (bicyclic) bond motifs is 3. The molecule has 1 aromatic carbocycles. The third kappa shape index (κ3) is 1.49. The van der Waals surface area contributed by atoms with Crippen molar-refractivity contribution in [3.63, 3.8) is 0 Å². The molecule has 1 amide bonds. The van der Waals surface area contributed by atoms with Crippen LogP contribution >= 0.6 is 15.9 Å². The summed E-state index contributed by atoms with van der Waals surface area (Å²) < 4.78 is 1.18. The average Bonchev–Trinajstić information content (AvgIpc) is 2.63. The van der Waals surface area contributed by atoms with E-state index in [2.05, 4.69) is 33.4 Å². The SMILES string of the molecule is C.O=C1CC2Cc3c(Br)cccc3C2N1. The van der Waals surface area contributed by atoms with Crippen molar-refractivity contribution in [3.05, 3.63) is 33.8 Å². The van der Waals surface area contributed by atoms with Gasteiger partial charge in [-0.15, -0.1) is 0 Å². The van der Waals surface area contributed by atoms with Gasteiger partial charge in [0.05, 0.1) is 6.04 Å². The highest BCUT2D eigenvalue weighted by Gasteiger charge is 2.40. The van der Waals surface area contributed by atoms with Crippen LogP contribution in [0.1, 0.15) is 31.0 Å². The molecule has 2 atom stereocenters. The molecule has 0 saturated carbocycles.